The summed E-state index contributed by atoms with van der Waals surface area (Å²) in [6.07, 6.45) is -2.84. The maximum atomic E-state index is 12.8. The van der Waals surface area contributed by atoms with Gasteiger partial charge in [0.1, 0.15) is 0 Å². The molecule has 0 aliphatic carbocycles. The minimum absolute atomic E-state index is 0.0531. The van der Waals surface area contributed by atoms with Crippen LogP contribution in [0.5, 0.6) is 0 Å². The van der Waals surface area contributed by atoms with E-state index in [4.69, 9.17) is 0 Å². The monoisotopic (exact) mass is 326 g/mol. The van der Waals surface area contributed by atoms with Crippen molar-refractivity contribution in [1.82, 2.24) is 5.43 Å². The Bertz CT molecular complexity index is 660. The summed E-state index contributed by atoms with van der Waals surface area (Å²) in [5.41, 5.74) is 4.77. The number of anilines is 1. The fraction of sp³-hybridized carbons (Fsp3) is 0.133. The molecule has 0 unspecified atom stereocenters. The lowest BCUT2D eigenvalue weighted by Crippen LogP contribution is -2.29. The van der Waals surface area contributed by atoms with Crippen LogP contribution in [0.4, 0.5) is 18.9 Å². The number of carbonyl (C=O) groups is 1. The molecule has 0 heterocycles. The van der Waals surface area contributed by atoms with Gasteiger partial charge in [-0.05, 0) is 36.6 Å². The smallest absolute Gasteiger partial charge is 0.298 e. The molecule has 0 saturated carbocycles. The molecule has 0 atom stereocenters. The standard InChI is InChI=1S/C15H13F3N2OS/c1-22-13-8-10(7-11(9-13)15(16,17)18)14(21)20-19-12-5-3-2-4-6-12/h2-9,19H,1H3,(H,20,21). The Balaban J connectivity index is 2.18. The number of benzene rings is 2. The van der Waals surface area contributed by atoms with Gasteiger partial charge >= 0.3 is 6.18 Å². The summed E-state index contributed by atoms with van der Waals surface area (Å²) in [5, 5.41) is 0. The van der Waals surface area contributed by atoms with Gasteiger partial charge in [0.15, 0.2) is 0 Å². The van der Waals surface area contributed by atoms with Crippen LogP contribution >= 0.6 is 11.8 Å². The van der Waals surface area contributed by atoms with Gasteiger partial charge in [-0.1, -0.05) is 18.2 Å². The van der Waals surface area contributed by atoms with Gasteiger partial charge in [-0.2, -0.15) is 13.2 Å². The van der Waals surface area contributed by atoms with E-state index >= 15 is 0 Å². The Labute approximate surface area is 129 Å². The molecule has 0 spiro atoms. The zero-order chi connectivity index (χ0) is 16.2. The van der Waals surface area contributed by atoms with Crippen LogP contribution < -0.4 is 10.9 Å². The first-order valence-corrected chi connectivity index (χ1v) is 7.50. The SMILES string of the molecule is CSc1cc(C(=O)NNc2ccccc2)cc(C(F)(F)F)c1. The Morgan fingerprint density at radius 3 is 2.36 bits per heavy atom. The number of hydrogen-bond donors (Lipinski definition) is 2. The molecule has 0 aliphatic rings. The van der Waals surface area contributed by atoms with Crippen molar-refractivity contribution in [3.63, 3.8) is 0 Å². The maximum absolute atomic E-state index is 12.8. The highest BCUT2D eigenvalue weighted by Gasteiger charge is 2.31. The lowest BCUT2D eigenvalue weighted by molar-refractivity contribution is -0.137. The third kappa shape index (κ3) is 4.17. The molecular weight excluding hydrogens is 313 g/mol. The van der Waals surface area contributed by atoms with Gasteiger partial charge in [0.25, 0.3) is 5.91 Å². The van der Waals surface area contributed by atoms with E-state index in [0.29, 0.717) is 10.6 Å². The second-order valence-corrected chi connectivity index (χ2v) is 5.27. The lowest BCUT2D eigenvalue weighted by Gasteiger charge is -2.12. The van der Waals surface area contributed by atoms with Gasteiger partial charge < -0.3 is 0 Å². The van der Waals surface area contributed by atoms with Crippen LogP contribution in [0.3, 0.4) is 0 Å². The number of hydrogen-bond acceptors (Lipinski definition) is 3. The Kier molecular flexibility index (Phi) is 4.97. The van der Waals surface area contributed by atoms with Crippen molar-refractivity contribution in [1.29, 1.82) is 0 Å². The van der Waals surface area contributed by atoms with Crippen molar-refractivity contribution < 1.29 is 18.0 Å². The van der Waals surface area contributed by atoms with Crippen LogP contribution in [-0.4, -0.2) is 12.2 Å². The van der Waals surface area contributed by atoms with Crippen molar-refractivity contribution in [2.24, 2.45) is 0 Å². The number of rotatable bonds is 4. The van der Waals surface area contributed by atoms with Crippen LogP contribution in [0.25, 0.3) is 0 Å². The predicted octanol–water partition coefficient (Wildman–Crippen LogP) is 4.18. The summed E-state index contributed by atoms with van der Waals surface area (Å²) in [5.74, 6) is -0.634. The van der Waals surface area contributed by atoms with Gasteiger partial charge in [0.2, 0.25) is 0 Å². The number of thioether (sulfide) groups is 1. The minimum atomic E-state index is -4.49. The molecule has 0 aromatic heterocycles. The van der Waals surface area contributed by atoms with Crippen LogP contribution in [0.15, 0.2) is 53.4 Å². The van der Waals surface area contributed by atoms with E-state index in [9.17, 15) is 18.0 Å². The van der Waals surface area contributed by atoms with Gasteiger partial charge in [0.05, 0.1) is 11.3 Å². The summed E-state index contributed by atoms with van der Waals surface area (Å²) in [7, 11) is 0. The largest absolute Gasteiger partial charge is 0.416 e. The number of hydrazine groups is 1. The molecule has 2 N–H and O–H groups in total. The quantitative estimate of drug-likeness (QED) is 0.654. The fourth-order valence-corrected chi connectivity index (χ4v) is 2.22. The van der Waals surface area contributed by atoms with Crippen LogP contribution in [0, 0.1) is 0 Å². The second-order valence-electron chi connectivity index (χ2n) is 4.39. The molecule has 22 heavy (non-hydrogen) atoms. The van der Waals surface area contributed by atoms with Gasteiger partial charge in [-0.3, -0.25) is 15.6 Å². The van der Waals surface area contributed by atoms with E-state index in [1.807, 2.05) is 6.07 Å². The highest BCUT2D eigenvalue weighted by atomic mass is 32.2. The summed E-state index contributed by atoms with van der Waals surface area (Å²) < 4.78 is 38.5. The molecule has 0 fully saturated rings. The summed E-state index contributed by atoms with van der Waals surface area (Å²) in [6.45, 7) is 0. The van der Waals surface area contributed by atoms with Gasteiger partial charge in [-0.25, -0.2) is 0 Å². The molecule has 7 heteroatoms. The van der Waals surface area contributed by atoms with Gasteiger partial charge in [0, 0.05) is 10.5 Å². The first-order valence-electron chi connectivity index (χ1n) is 6.28. The van der Waals surface area contributed by atoms with Crippen molar-refractivity contribution >= 4 is 23.4 Å². The Morgan fingerprint density at radius 2 is 1.77 bits per heavy atom. The van der Waals surface area contributed by atoms with Crippen LogP contribution in [0.1, 0.15) is 15.9 Å². The summed E-state index contributed by atoms with van der Waals surface area (Å²) in [4.78, 5) is 12.4. The fourth-order valence-electron chi connectivity index (χ4n) is 1.73. The molecule has 0 saturated heterocycles. The average Bonchev–Trinajstić information content (AvgIpc) is 2.52. The number of halogens is 3. The van der Waals surface area contributed by atoms with E-state index < -0.39 is 17.6 Å². The maximum Gasteiger partial charge on any atom is 0.416 e. The summed E-state index contributed by atoms with van der Waals surface area (Å²) >= 11 is 1.14. The third-order valence-electron chi connectivity index (χ3n) is 2.83. The predicted molar refractivity (Wildman–Crippen MR) is 80.8 cm³/mol. The van der Waals surface area contributed by atoms with Gasteiger partial charge in [-0.15, -0.1) is 11.8 Å². The highest BCUT2D eigenvalue weighted by molar-refractivity contribution is 7.98. The van der Waals surface area contributed by atoms with Crippen molar-refractivity contribution in [3.8, 4) is 0 Å². The van der Waals surface area contributed by atoms with E-state index in [1.54, 1.807) is 30.5 Å². The van der Waals surface area contributed by atoms with Crippen molar-refractivity contribution in [2.75, 3.05) is 11.7 Å². The summed E-state index contributed by atoms with van der Waals surface area (Å²) in [6, 6.07) is 12.1. The molecule has 2 rings (SSSR count). The highest BCUT2D eigenvalue weighted by Crippen LogP contribution is 2.32. The Hall–Kier alpha value is -2.15. The second kappa shape index (κ2) is 6.74. The topological polar surface area (TPSA) is 41.1 Å². The molecule has 3 nitrogen and oxygen atoms in total. The number of carbonyl (C=O) groups excluding carboxylic acids is 1. The molecule has 0 aliphatic heterocycles. The zero-order valence-corrected chi connectivity index (χ0v) is 12.4. The minimum Gasteiger partial charge on any atom is -0.298 e. The average molecular weight is 326 g/mol. The molecule has 0 radical (unpaired) electrons. The molecule has 116 valence electrons. The lowest BCUT2D eigenvalue weighted by atomic mass is 10.1. The van der Waals surface area contributed by atoms with Crippen LogP contribution in [-0.2, 0) is 6.18 Å². The Morgan fingerprint density at radius 1 is 1.09 bits per heavy atom. The molecule has 2 aromatic carbocycles. The molecular formula is C15H13F3N2OS. The van der Waals surface area contributed by atoms with E-state index in [2.05, 4.69) is 10.9 Å². The van der Waals surface area contributed by atoms with E-state index in [0.717, 1.165) is 23.9 Å². The van der Waals surface area contributed by atoms with E-state index in [1.165, 1.54) is 6.07 Å². The number of amides is 1. The molecule has 2 aromatic rings. The van der Waals surface area contributed by atoms with Crippen molar-refractivity contribution in [3.05, 3.63) is 59.7 Å². The molecule has 1 amide bonds. The first kappa shape index (κ1) is 16.2. The number of para-hydroxylation sites is 1. The van der Waals surface area contributed by atoms with E-state index in [-0.39, 0.29) is 5.56 Å². The first-order chi connectivity index (χ1) is 10.4. The van der Waals surface area contributed by atoms with Crippen molar-refractivity contribution in [2.45, 2.75) is 11.1 Å². The third-order valence-corrected chi connectivity index (χ3v) is 3.53. The van der Waals surface area contributed by atoms with Crippen LogP contribution in [0.2, 0.25) is 0 Å². The number of alkyl halides is 3. The normalized spacial score (nSPS) is 11.1. The number of nitrogens with one attached hydrogen (secondary N) is 2. The molecule has 0 bridgehead atoms. The zero-order valence-electron chi connectivity index (χ0n) is 11.6.